The van der Waals surface area contributed by atoms with Gasteiger partial charge in [-0.3, -0.25) is 0 Å². The van der Waals surface area contributed by atoms with Gasteiger partial charge in [0, 0.05) is 0 Å². The zero-order valence-electron chi connectivity index (χ0n) is 9.95. The number of primary sulfonamides is 1. The first-order chi connectivity index (χ1) is 8.47. The van der Waals surface area contributed by atoms with E-state index in [9.17, 15) is 13.5 Å². The number of aliphatic hydroxyl groups is 1. The van der Waals surface area contributed by atoms with E-state index in [0.29, 0.717) is 4.82 Å². The van der Waals surface area contributed by atoms with Gasteiger partial charge < -0.3 is 0 Å². The predicted octanol–water partition coefficient (Wildman–Crippen LogP) is 0.387. The van der Waals surface area contributed by atoms with Crippen LogP contribution < -0.4 is 9.60 Å². The maximum atomic E-state index is 11.1. The van der Waals surface area contributed by atoms with Crippen molar-refractivity contribution in [3.63, 3.8) is 0 Å². The van der Waals surface area contributed by atoms with Crippen molar-refractivity contribution in [3.8, 4) is 0 Å². The Hall–Kier alpha value is -0.391. The molecule has 1 aliphatic carbocycles. The molecule has 2 unspecified atom stereocenters. The number of rotatable bonds is 3. The Bertz CT molecular complexity index is 501. The number of nitrogens with two attached hydrogens (primary N) is 1. The molecule has 0 radical (unpaired) electrons. The van der Waals surface area contributed by atoms with Crippen LogP contribution >= 0.6 is 0 Å². The summed E-state index contributed by atoms with van der Waals surface area (Å²) in [5, 5.41) is 15.0. The normalized spacial score (nSPS) is 25.0. The van der Waals surface area contributed by atoms with E-state index in [-0.39, 0.29) is 26.0 Å². The molecule has 2 atom stereocenters. The van der Waals surface area contributed by atoms with E-state index in [2.05, 4.69) is 0 Å². The number of hydrogen-bond acceptors (Lipinski definition) is 3. The first kappa shape index (κ1) is 14.0. The molecule has 6 heteroatoms. The van der Waals surface area contributed by atoms with Crippen LogP contribution in [0.4, 0.5) is 0 Å². The quantitative estimate of drug-likeness (QED) is 0.785. The van der Waals surface area contributed by atoms with Crippen LogP contribution in [0.25, 0.3) is 0 Å². The second kappa shape index (κ2) is 5.72. The van der Waals surface area contributed by atoms with Gasteiger partial charge in [0.05, 0.1) is 0 Å². The summed E-state index contributed by atoms with van der Waals surface area (Å²) in [5.41, 5.74) is 0. The molecule has 1 saturated carbocycles. The number of aliphatic hydroxyl groups excluding tert-OH is 1. The summed E-state index contributed by atoms with van der Waals surface area (Å²) < 4.78 is 23.4. The summed E-state index contributed by atoms with van der Waals surface area (Å²) in [6.45, 7) is 0. The maximum absolute atomic E-state index is 11.1. The summed E-state index contributed by atoms with van der Waals surface area (Å²) in [6, 6.07) is 6.70. The third-order valence-corrected chi connectivity index (χ3v) is 6.97. The summed E-state index contributed by atoms with van der Waals surface area (Å²) in [4.78, 5) is 0.498. The van der Waals surface area contributed by atoms with Gasteiger partial charge in [0.2, 0.25) is 0 Å². The zero-order valence-corrected chi connectivity index (χ0v) is 12.5. The molecular weight excluding hydrogens is 317 g/mol. The molecule has 2 rings (SSSR count). The second-order valence-corrected chi connectivity index (χ2v) is 8.84. The van der Waals surface area contributed by atoms with E-state index < -0.39 is 10.0 Å². The molecule has 0 bridgehead atoms. The van der Waals surface area contributed by atoms with Crippen molar-refractivity contribution < 1.29 is 13.5 Å². The van der Waals surface area contributed by atoms with Crippen molar-refractivity contribution in [1.29, 1.82) is 0 Å². The average Bonchev–Trinajstić information content (AvgIpc) is 2.32. The van der Waals surface area contributed by atoms with Gasteiger partial charge in [-0.2, -0.15) is 0 Å². The standard InChI is InChI=1S/C12H17NO3SSe/c13-17(15,16)9-5-7-10(8-6-9)18-12-4-2-1-3-11(12)14/h5-8,11-12,14H,1-4H2,(H2,13,15,16). The summed E-state index contributed by atoms with van der Waals surface area (Å²) in [5.74, 6) is 0. The van der Waals surface area contributed by atoms with Crippen LogP contribution in [-0.4, -0.2) is 34.6 Å². The van der Waals surface area contributed by atoms with Gasteiger partial charge in [-0.1, -0.05) is 0 Å². The topological polar surface area (TPSA) is 80.4 Å². The molecular formula is C12H17NO3SSe. The monoisotopic (exact) mass is 335 g/mol. The molecule has 0 amide bonds. The van der Waals surface area contributed by atoms with E-state index in [1.807, 2.05) is 0 Å². The number of hydrogen-bond donors (Lipinski definition) is 2. The van der Waals surface area contributed by atoms with Gasteiger partial charge in [-0.15, -0.1) is 0 Å². The fraction of sp³-hybridized carbons (Fsp3) is 0.500. The Morgan fingerprint density at radius 3 is 2.33 bits per heavy atom. The SMILES string of the molecule is NS(=O)(=O)c1ccc([Se]C2CCCCC2O)cc1. The van der Waals surface area contributed by atoms with Gasteiger partial charge in [0.1, 0.15) is 0 Å². The molecule has 1 aromatic carbocycles. The molecule has 0 heterocycles. The predicted molar refractivity (Wildman–Crippen MR) is 71.4 cm³/mol. The fourth-order valence-electron chi connectivity index (χ4n) is 2.10. The first-order valence-electron chi connectivity index (χ1n) is 5.94. The van der Waals surface area contributed by atoms with Crippen molar-refractivity contribution in [1.82, 2.24) is 0 Å². The van der Waals surface area contributed by atoms with Crippen LogP contribution in [-0.2, 0) is 10.0 Å². The molecule has 18 heavy (non-hydrogen) atoms. The average molecular weight is 334 g/mol. The molecule has 0 spiro atoms. The molecule has 3 N–H and O–H groups in total. The van der Waals surface area contributed by atoms with E-state index in [1.54, 1.807) is 24.3 Å². The van der Waals surface area contributed by atoms with Crippen LogP contribution in [0, 0.1) is 0 Å². The van der Waals surface area contributed by atoms with Gasteiger partial charge in [-0.25, -0.2) is 0 Å². The summed E-state index contributed by atoms with van der Waals surface area (Å²) >= 11 is 0.191. The minimum atomic E-state index is -3.61. The molecule has 1 aliphatic rings. The fourth-order valence-corrected chi connectivity index (χ4v) is 5.17. The van der Waals surface area contributed by atoms with Crippen LogP contribution in [0.5, 0.6) is 0 Å². The van der Waals surface area contributed by atoms with Crippen LogP contribution in [0.3, 0.4) is 0 Å². The summed E-state index contributed by atoms with van der Waals surface area (Å²) in [7, 11) is -3.61. The van der Waals surface area contributed by atoms with Crippen LogP contribution in [0.2, 0.25) is 4.82 Å². The third kappa shape index (κ3) is 3.56. The van der Waals surface area contributed by atoms with Crippen LogP contribution in [0.15, 0.2) is 29.2 Å². The van der Waals surface area contributed by atoms with Gasteiger partial charge in [0.25, 0.3) is 0 Å². The summed E-state index contributed by atoms with van der Waals surface area (Å²) in [6.07, 6.45) is 4.05. The Balaban J connectivity index is 2.06. The van der Waals surface area contributed by atoms with Gasteiger partial charge in [-0.05, 0) is 0 Å². The number of sulfonamides is 1. The van der Waals surface area contributed by atoms with E-state index >= 15 is 0 Å². The van der Waals surface area contributed by atoms with Gasteiger partial charge in [0.15, 0.2) is 0 Å². The van der Waals surface area contributed by atoms with Crippen molar-refractivity contribution in [2.24, 2.45) is 5.14 Å². The van der Waals surface area contributed by atoms with Crippen molar-refractivity contribution >= 4 is 29.4 Å². The molecule has 4 nitrogen and oxygen atoms in total. The Morgan fingerprint density at radius 1 is 1.17 bits per heavy atom. The van der Waals surface area contributed by atoms with Crippen molar-refractivity contribution in [2.75, 3.05) is 0 Å². The van der Waals surface area contributed by atoms with E-state index in [1.165, 1.54) is 6.42 Å². The molecule has 0 aromatic heterocycles. The third-order valence-electron chi connectivity index (χ3n) is 3.11. The molecule has 0 aliphatic heterocycles. The zero-order chi connectivity index (χ0) is 13.2. The Labute approximate surface area is 114 Å². The molecule has 100 valence electrons. The van der Waals surface area contributed by atoms with E-state index in [0.717, 1.165) is 23.7 Å². The first-order valence-corrected chi connectivity index (χ1v) is 9.33. The Kier molecular flexibility index (Phi) is 4.45. The van der Waals surface area contributed by atoms with Gasteiger partial charge >= 0.3 is 114 Å². The van der Waals surface area contributed by atoms with Crippen molar-refractivity contribution in [3.05, 3.63) is 24.3 Å². The van der Waals surface area contributed by atoms with Crippen LogP contribution in [0.1, 0.15) is 25.7 Å². The van der Waals surface area contributed by atoms with Crippen molar-refractivity contribution in [2.45, 2.75) is 41.5 Å². The Morgan fingerprint density at radius 2 is 1.78 bits per heavy atom. The van der Waals surface area contributed by atoms with E-state index in [4.69, 9.17) is 5.14 Å². The molecule has 0 saturated heterocycles. The second-order valence-electron chi connectivity index (χ2n) is 4.52. The molecule has 1 fully saturated rings. The number of benzene rings is 1. The molecule has 1 aromatic rings. The minimum absolute atomic E-state index is 0.145.